The number of hydrogen-bond acceptors (Lipinski definition) is 6. The van der Waals surface area contributed by atoms with Gasteiger partial charge in [-0.05, 0) is 32.0 Å². The van der Waals surface area contributed by atoms with Gasteiger partial charge in [-0.15, -0.1) is 5.10 Å². The fourth-order valence-electron chi connectivity index (χ4n) is 3.23. The summed E-state index contributed by atoms with van der Waals surface area (Å²) in [5.74, 6) is 0.550. The Kier molecular flexibility index (Phi) is 4.34. The topological polar surface area (TPSA) is 79.5 Å². The zero-order valence-corrected chi connectivity index (χ0v) is 15.0. The van der Waals surface area contributed by atoms with E-state index in [4.69, 9.17) is 0 Å². The van der Waals surface area contributed by atoms with Crippen molar-refractivity contribution in [1.82, 2.24) is 34.4 Å². The van der Waals surface area contributed by atoms with Crippen LogP contribution in [0.3, 0.4) is 0 Å². The number of amides is 1. The Bertz CT molecular complexity index is 929. The molecule has 1 aliphatic rings. The Labute approximate surface area is 151 Å². The molecule has 0 aliphatic carbocycles. The van der Waals surface area contributed by atoms with Gasteiger partial charge in [0.15, 0.2) is 0 Å². The van der Waals surface area contributed by atoms with Gasteiger partial charge in [0.05, 0.1) is 5.69 Å². The molecular weight excluding hydrogens is 330 g/mol. The van der Waals surface area contributed by atoms with Crippen LogP contribution in [0.4, 0.5) is 0 Å². The molecule has 0 saturated carbocycles. The van der Waals surface area contributed by atoms with Crippen LogP contribution < -0.4 is 0 Å². The number of carbonyl (C=O) groups excluding carboxylic acids is 1. The minimum atomic E-state index is -0.134. The van der Waals surface area contributed by atoms with Crippen molar-refractivity contribution in [3.8, 4) is 0 Å². The van der Waals surface area contributed by atoms with Crippen LogP contribution in [-0.2, 0) is 6.54 Å². The number of fused-ring (bicyclic) bond motifs is 1. The Morgan fingerprint density at radius 2 is 1.92 bits per heavy atom. The highest BCUT2D eigenvalue weighted by Gasteiger charge is 2.25. The lowest BCUT2D eigenvalue weighted by Crippen LogP contribution is -2.48. The summed E-state index contributed by atoms with van der Waals surface area (Å²) in [6.45, 7) is 7.58. The first kappa shape index (κ1) is 16.6. The molecule has 0 bridgehead atoms. The zero-order chi connectivity index (χ0) is 18.1. The van der Waals surface area contributed by atoms with E-state index in [-0.39, 0.29) is 11.7 Å². The first-order chi connectivity index (χ1) is 12.6. The van der Waals surface area contributed by atoms with Crippen LogP contribution in [0.25, 0.3) is 5.78 Å². The van der Waals surface area contributed by atoms with Gasteiger partial charge in [-0.1, -0.05) is 6.07 Å². The van der Waals surface area contributed by atoms with E-state index in [1.54, 1.807) is 4.52 Å². The van der Waals surface area contributed by atoms with Crippen LogP contribution in [0, 0.1) is 13.8 Å². The summed E-state index contributed by atoms with van der Waals surface area (Å²) in [6.07, 6.45) is 1.81. The van der Waals surface area contributed by atoms with Crippen molar-refractivity contribution in [1.29, 1.82) is 0 Å². The van der Waals surface area contributed by atoms with Gasteiger partial charge >= 0.3 is 0 Å². The number of nitrogens with zero attached hydrogens (tertiary/aromatic N) is 7. The van der Waals surface area contributed by atoms with Crippen molar-refractivity contribution in [2.75, 3.05) is 26.2 Å². The van der Waals surface area contributed by atoms with Gasteiger partial charge in [0.25, 0.3) is 11.7 Å². The molecule has 1 fully saturated rings. The van der Waals surface area contributed by atoms with Crippen molar-refractivity contribution in [3.63, 3.8) is 0 Å². The number of piperazine rings is 1. The second-order valence-electron chi connectivity index (χ2n) is 6.58. The second kappa shape index (κ2) is 6.80. The lowest BCUT2D eigenvalue weighted by Gasteiger charge is -2.33. The molecule has 26 heavy (non-hydrogen) atoms. The highest BCUT2D eigenvalue weighted by molar-refractivity contribution is 5.91. The lowest BCUT2D eigenvalue weighted by molar-refractivity contribution is 0.0615. The molecule has 1 amide bonds. The normalized spacial score (nSPS) is 15.5. The van der Waals surface area contributed by atoms with Gasteiger partial charge in [0, 0.05) is 50.3 Å². The highest BCUT2D eigenvalue weighted by Crippen LogP contribution is 2.11. The molecule has 0 spiro atoms. The second-order valence-corrected chi connectivity index (χ2v) is 6.58. The van der Waals surface area contributed by atoms with Crippen LogP contribution in [0.15, 0.2) is 30.5 Å². The van der Waals surface area contributed by atoms with Gasteiger partial charge < -0.3 is 4.90 Å². The van der Waals surface area contributed by atoms with E-state index in [9.17, 15) is 4.79 Å². The van der Waals surface area contributed by atoms with Gasteiger partial charge in [-0.2, -0.15) is 4.98 Å². The van der Waals surface area contributed by atoms with E-state index < -0.39 is 0 Å². The number of pyridine rings is 1. The summed E-state index contributed by atoms with van der Waals surface area (Å²) in [4.78, 5) is 29.9. The van der Waals surface area contributed by atoms with Crippen molar-refractivity contribution in [3.05, 3.63) is 53.4 Å². The Balaban J connectivity index is 1.43. The minimum absolute atomic E-state index is 0.134. The van der Waals surface area contributed by atoms with Crippen LogP contribution >= 0.6 is 0 Å². The molecule has 1 saturated heterocycles. The van der Waals surface area contributed by atoms with Crippen LogP contribution in [0.1, 0.15) is 27.7 Å². The summed E-state index contributed by atoms with van der Waals surface area (Å²) in [5.41, 5.74) is 2.83. The molecular formula is C18H21N7O. The lowest BCUT2D eigenvalue weighted by atomic mass is 10.2. The summed E-state index contributed by atoms with van der Waals surface area (Å²) in [6, 6.07) is 7.86. The van der Waals surface area contributed by atoms with Crippen molar-refractivity contribution >= 4 is 11.7 Å². The van der Waals surface area contributed by atoms with Gasteiger partial charge in [0.1, 0.15) is 0 Å². The fraction of sp³-hybridized carbons (Fsp3) is 0.389. The summed E-state index contributed by atoms with van der Waals surface area (Å²) in [5, 5.41) is 4.34. The van der Waals surface area contributed by atoms with E-state index in [1.807, 2.05) is 49.2 Å². The summed E-state index contributed by atoms with van der Waals surface area (Å²) >= 11 is 0. The van der Waals surface area contributed by atoms with E-state index in [0.717, 1.165) is 36.7 Å². The van der Waals surface area contributed by atoms with Gasteiger partial charge in [-0.25, -0.2) is 9.50 Å². The monoisotopic (exact) mass is 351 g/mol. The maximum Gasteiger partial charge on any atom is 0.293 e. The van der Waals surface area contributed by atoms with Gasteiger partial charge in [0.2, 0.25) is 5.82 Å². The number of aromatic nitrogens is 5. The van der Waals surface area contributed by atoms with Crippen molar-refractivity contribution in [2.45, 2.75) is 20.4 Å². The third kappa shape index (κ3) is 3.28. The zero-order valence-electron chi connectivity index (χ0n) is 15.0. The third-order valence-electron chi connectivity index (χ3n) is 4.58. The number of carbonyl (C=O) groups is 1. The summed E-state index contributed by atoms with van der Waals surface area (Å²) in [7, 11) is 0. The molecule has 0 unspecified atom stereocenters. The van der Waals surface area contributed by atoms with Gasteiger partial charge in [-0.3, -0.25) is 14.7 Å². The fourth-order valence-corrected chi connectivity index (χ4v) is 3.23. The predicted molar refractivity (Wildman–Crippen MR) is 95.7 cm³/mol. The van der Waals surface area contributed by atoms with E-state index in [2.05, 4.69) is 25.0 Å². The van der Waals surface area contributed by atoms with Crippen LogP contribution in [0.5, 0.6) is 0 Å². The maximum atomic E-state index is 12.8. The number of aryl methyl sites for hydroxylation is 2. The molecule has 3 aromatic rings. The average molecular weight is 351 g/mol. The van der Waals surface area contributed by atoms with E-state index in [1.165, 1.54) is 0 Å². The quantitative estimate of drug-likeness (QED) is 0.703. The molecule has 8 nitrogen and oxygen atoms in total. The van der Waals surface area contributed by atoms with Crippen LogP contribution in [-0.4, -0.2) is 66.5 Å². The highest BCUT2D eigenvalue weighted by atomic mass is 16.2. The molecule has 4 heterocycles. The Morgan fingerprint density at radius 3 is 2.65 bits per heavy atom. The Morgan fingerprint density at radius 1 is 1.12 bits per heavy atom. The number of rotatable bonds is 3. The SMILES string of the molecule is Cc1cc(C)n2nc(C(=O)N3CCN(Cc4ccccn4)CC3)nc2n1. The molecule has 1 aliphatic heterocycles. The first-order valence-electron chi connectivity index (χ1n) is 8.73. The van der Waals surface area contributed by atoms with Crippen molar-refractivity contribution in [2.24, 2.45) is 0 Å². The Hall–Kier alpha value is -2.87. The molecule has 0 radical (unpaired) electrons. The molecule has 8 heteroatoms. The number of hydrogen-bond donors (Lipinski definition) is 0. The minimum Gasteiger partial charge on any atom is -0.333 e. The summed E-state index contributed by atoms with van der Waals surface area (Å²) < 4.78 is 1.62. The molecule has 134 valence electrons. The van der Waals surface area contributed by atoms with Crippen molar-refractivity contribution < 1.29 is 4.79 Å². The predicted octanol–water partition coefficient (Wildman–Crippen LogP) is 1.09. The van der Waals surface area contributed by atoms with E-state index in [0.29, 0.717) is 18.9 Å². The molecule has 4 rings (SSSR count). The van der Waals surface area contributed by atoms with E-state index >= 15 is 0 Å². The third-order valence-corrected chi connectivity index (χ3v) is 4.58. The smallest absolute Gasteiger partial charge is 0.293 e. The molecule has 0 aromatic carbocycles. The molecule has 0 N–H and O–H groups in total. The largest absolute Gasteiger partial charge is 0.333 e. The first-order valence-corrected chi connectivity index (χ1v) is 8.73. The molecule has 0 atom stereocenters. The molecule has 3 aromatic heterocycles. The maximum absolute atomic E-state index is 12.8. The van der Waals surface area contributed by atoms with Crippen LogP contribution in [0.2, 0.25) is 0 Å². The standard InChI is InChI=1S/C18H21N7O/c1-13-11-14(2)25-18(20-13)21-16(22-25)17(26)24-9-7-23(8-10-24)12-15-5-3-4-6-19-15/h3-6,11H,7-10,12H2,1-2H3. The average Bonchev–Trinajstić information content (AvgIpc) is 3.07.